The lowest BCUT2D eigenvalue weighted by atomic mass is 9.75. The number of rotatable bonds is 10. The number of nitrogens with two attached hydrogens (primary N) is 1. The molecule has 2 unspecified atom stereocenters. The molecule has 38 heavy (non-hydrogen) atoms. The van der Waals surface area contributed by atoms with Gasteiger partial charge in [0, 0.05) is 57.2 Å². The minimum atomic E-state index is -1.06. The van der Waals surface area contributed by atoms with E-state index < -0.39 is 16.2 Å². The normalized spacial score (nSPS) is 21.7. The van der Waals surface area contributed by atoms with Gasteiger partial charge in [-0.1, -0.05) is 19.9 Å². The molecule has 0 radical (unpaired) electrons. The molecule has 8 heteroatoms. The first-order chi connectivity index (χ1) is 18.0. The second-order valence-corrected chi connectivity index (χ2v) is 12.0. The Morgan fingerprint density at radius 2 is 2.00 bits per heavy atom. The largest absolute Gasteiger partial charge is 0.507 e. The van der Waals surface area contributed by atoms with Gasteiger partial charge in [0.2, 0.25) is 0 Å². The maximum absolute atomic E-state index is 13.5. The van der Waals surface area contributed by atoms with Gasteiger partial charge in [-0.05, 0) is 87.4 Å². The smallest absolute Gasteiger partial charge is 0.320 e. The van der Waals surface area contributed by atoms with E-state index in [9.17, 15) is 18.9 Å². The van der Waals surface area contributed by atoms with Crippen LogP contribution in [0.15, 0.2) is 34.9 Å². The third-order valence-electron chi connectivity index (χ3n) is 7.47. The number of nitrogens with zero attached hydrogens (tertiary/aromatic N) is 1. The van der Waals surface area contributed by atoms with Crippen LogP contribution in [0.2, 0.25) is 0 Å². The van der Waals surface area contributed by atoms with Gasteiger partial charge >= 0.3 is 5.97 Å². The van der Waals surface area contributed by atoms with E-state index >= 15 is 0 Å². The third kappa shape index (κ3) is 6.83. The Kier molecular flexibility index (Phi) is 10.1. The molecule has 3 rings (SSSR count). The predicted octanol–water partition coefficient (Wildman–Crippen LogP) is 4.84. The highest BCUT2D eigenvalue weighted by Crippen LogP contribution is 2.41. The van der Waals surface area contributed by atoms with Crippen LogP contribution < -0.4 is 5.73 Å². The number of phenols is 1. The number of Topliss-reactive ketones (excluding diaryl/α,β-unsaturated/α-hetero) is 1. The molecule has 7 nitrogen and oxygen atoms in total. The van der Waals surface area contributed by atoms with Crippen LogP contribution in [0.4, 0.5) is 0 Å². The van der Waals surface area contributed by atoms with Crippen molar-refractivity contribution in [3.05, 3.63) is 51.6 Å². The van der Waals surface area contributed by atoms with Gasteiger partial charge in [0.1, 0.15) is 5.75 Å². The third-order valence-corrected chi connectivity index (χ3v) is 8.53. The summed E-state index contributed by atoms with van der Waals surface area (Å²) in [5.74, 6) is -0.257. The fourth-order valence-corrected chi connectivity index (χ4v) is 6.17. The highest BCUT2D eigenvalue weighted by Gasteiger charge is 2.37. The second-order valence-electron chi connectivity index (χ2n) is 10.6. The zero-order valence-corrected chi connectivity index (χ0v) is 24.2. The van der Waals surface area contributed by atoms with E-state index in [0.29, 0.717) is 48.4 Å². The minimum absolute atomic E-state index is 0.0514. The Morgan fingerprint density at radius 1 is 1.26 bits per heavy atom. The van der Waals surface area contributed by atoms with E-state index in [0.717, 1.165) is 48.3 Å². The summed E-state index contributed by atoms with van der Waals surface area (Å²) in [6.45, 7) is 9.55. The number of carbonyl (C=O) groups is 2. The lowest BCUT2D eigenvalue weighted by Crippen LogP contribution is -2.47. The molecule has 0 amide bonds. The van der Waals surface area contributed by atoms with E-state index in [1.807, 2.05) is 43.9 Å². The van der Waals surface area contributed by atoms with Crippen molar-refractivity contribution in [1.82, 2.24) is 4.90 Å². The molecule has 1 aliphatic heterocycles. The lowest BCUT2D eigenvalue weighted by Gasteiger charge is -2.41. The van der Waals surface area contributed by atoms with Gasteiger partial charge in [-0.2, -0.15) is 0 Å². The second kappa shape index (κ2) is 12.9. The van der Waals surface area contributed by atoms with Crippen molar-refractivity contribution in [3.63, 3.8) is 0 Å². The quantitative estimate of drug-likeness (QED) is 0.321. The monoisotopic (exact) mass is 542 g/mol. The summed E-state index contributed by atoms with van der Waals surface area (Å²) in [5, 5.41) is 11.1. The van der Waals surface area contributed by atoms with Crippen LogP contribution >= 0.6 is 0 Å². The van der Waals surface area contributed by atoms with Crippen LogP contribution in [-0.2, 0) is 25.1 Å². The van der Waals surface area contributed by atoms with Crippen LogP contribution in [0.5, 0.6) is 5.75 Å². The molecular weight excluding hydrogens is 500 g/mol. The van der Waals surface area contributed by atoms with Gasteiger partial charge in [-0.25, -0.2) is 0 Å². The molecule has 0 bridgehead atoms. The molecule has 0 spiro atoms. The van der Waals surface area contributed by atoms with E-state index in [-0.39, 0.29) is 24.0 Å². The number of benzene rings is 1. The summed E-state index contributed by atoms with van der Waals surface area (Å²) >= 11 is 0. The van der Waals surface area contributed by atoms with Gasteiger partial charge < -0.3 is 15.6 Å². The zero-order valence-electron chi connectivity index (χ0n) is 23.4. The topological polar surface area (TPSA) is 110 Å². The van der Waals surface area contributed by atoms with Gasteiger partial charge in [0.25, 0.3) is 0 Å². The van der Waals surface area contributed by atoms with E-state index in [1.165, 1.54) is 0 Å². The Bertz CT molecular complexity index is 1200. The molecule has 1 fully saturated rings. The number of allylic oxidation sites excluding steroid dienone is 5. The molecule has 0 aromatic heterocycles. The van der Waals surface area contributed by atoms with Crippen LogP contribution in [0.1, 0.15) is 76.0 Å². The summed E-state index contributed by atoms with van der Waals surface area (Å²) < 4.78 is 17.2. The van der Waals surface area contributed by atoms with Gasteiger partial charge in [-0.3, -0.25) is 18.7 Å². The van der Waals surface area contributed by atoms with Crippen LogP contribution in [0, 0.1) is 12.3 Å². The highest BCUT2D eigenvalue weighted by molar-refractivity contribution is 7.88. The molecule has 1 aliphatic carbocycles. The Labute approximate surface area is 229 Å². The van der Waals surface area contributed by atoms with Gasteiger partial charge in [0.05, 0.1) is 13.2 Å². The summed E-state index contributed by atoms with van der Waals surface area (Å²) in [7, 11) is -1.06. The molecular formula is C30H42N2O5S. The lowest BCUT2D eigenvalue weighted by molar-refractivity contribution is -0.145. The van der Waals surface area contributed by atoms with E-state index in [4.69, 9.17) is 10.5 Å². The zero-order chi connectivity index (χ0) is 28.0. The van der Waals surface area contributed by atoms with E-state index in [1.54, 1.807) is 19.2 Å². The Morgan fingerprint density at radius 3 is 2.66 bits per heavy atom. The maximum Gasteiger partial charge on any atom is 0.320 e. The predicted molar refractivity (Wildman–Crippen MR) is 154 cm³/mol. The number of likely N-dealkylation sites (tertiary alicyclic amines) is 1. The number of aryl methyl sites for hydroxylation is 1. The van der Waals surface area contributed by atoms with Crippen molar-refractivity contribution < 1.29 is 23.6 Å². The molecule has 2 aliphatic rings. The summed E-state index contributed by atoms with van der Waals surface area (Å²) in [4.78, 5) is 28.5. The molecule has 1 aromatic carbocycles. The molecule has 1 aromatic rings. The van der Waals surface area contributed by atoms with Crippen molar-refractivity contribution in [2.24, 2.45) is 11.1 Å². The number of carbonyl (C=O) groups excluding carboxylic acids is 2. The molecule has 2 atom stereocenters. The Balaban J connectivity index is 2.05. The number of piperidine rings is 1. The minimum Gasteiger partial charge on any atom is -0.507 e. The summed E-state index contributed by atoms with van der Waals surface area (Å²) in [6, 6.07) is 3.53. The fourth-order valence-electron chi connectivity index (χ4n) is 5.47. The van der Waals surface area contributed by atoms with E-state index in [2.05, 4.69) is 0 Å². The number of ketones is 1. The van der Waals surface area contributed by atoms with Crippen LogP contribution in [0.3, 0.4) is 0 Å². The molecule has 208 valence electrons. The van der Waals surface area contributed by atoms with Gasteiger partial charge in [-0.15, -0.1) is 0 Å². The number of esters is 1. The van der Waals surface area contributed by atoms with Crippen molar-refractivity contribution in [3.8, 4) is 5.75 Å². The first-order valence-corrected chi connectivity index (χ1v) is 15.1. The summed E-state index contributed by atoms with van der Waals surface area (Å²) in [6.07, 6.45) is 9.76. The van der Waals surface area contributed by atoms with Gasteiger partial charge in [0.15, 0.2) is 5.78 Å². The first-order valence-electron chi connectivity index (χ1n) is 13.5. The average Bonchev–Trinajstić information content (AvgIpc) is 2.86. The molecule has 1 heterocycles. The number of ether oxygens (including phenoxy) is 1. The fraction of sp³-hybridized carbons (Fsp3) is 0.533. The first kappa shape index (κ1) is 29.8. The number of hydrogen-bond acceptors (Lipinski definition) is 7. The number of hydrogen-bond donors (Lipinski definition) is 2. The highest BCUT2D eigenvalue weighted by atomic mass is 32.2. The summed E-state index contributed by atoms with van der Waals surface area (Å²) in [5.41, 5.74) is 10.3. The number of aromatic hydroxyl groups is 1. The maximum atomic E-state index is 13.5. The SMILES string of the molecule is CCCC(=O)/C(=C(/N)C1(C)CCCN(CC(=O)OCC)C1)c1cc(O)c(C2=CCCC(S(C)=O)=C2)cc1C. The van der Waals surface area contributed by atoms with Crippen LogP contribution in [0.25, 0.3) is 11.1 Å². The van der Waals surface area contributed by atoms with Crippen molar-refractivity contribution in [1.29, 1.82) is 0 Å². The molecule has 3 N–H and O–H groups in total. The molecule has 1 saturated heterocycles. The number of phenolic OH excluding ortho intramolecular Hbond substituents is 1. The van der Waals surface area contributed by atoms with Crippen molar-refractivity contribution in [2.75, 3.05) is 32.5 Å². The standard InChI is InChI=1S/C30H42N2O5S/c1-6-10-25(33)28(29(31)30(4)13-9-14-32(19-30)18-27(35)37-7-2)23-17-26(34)24(15-20(23)3)21-11-8-12-22(16-21)38(5)36/h11,15-17,34H,6-10,12-14,18-19,31H2,1-5H3/b29-28+. The molecule has 0 saturated carbocycles. The Hall–Kier alpha value is -2.71. The van der Waals surface area contributed by atoms with Crippen molar-refractivity contribution in [2.45, 2.75) is 66.2 Å². The van der Waals surface area contributed by atoms with Crippen LogP contribution in [-0.4, -0.2) is 58.5 Å². The van der Waals surface area contributed by atoms with Crippen molar-refractivity contribution >= 4 is 33.7 Å². The average molecular weight is 543 g/mol.